The van der Waals surface area contributed by atoms with Crippen molar-refractivity contribution in [2.75, 3.05) is 37.0 Å². The van der Waals surface area contributed by atoms with Gasteiger partial charge in [-0.1, -0.05) is 0 Å². The van der Waals surface area contributed by atoms with Crippen LogP contribution in [0.1, 0.15) is 41.5 Å². The van der Waals surface area contributed by atoms with Crippen molar-refractivity contribution in [3.8, 4) is 0 Å². The summed E-state index contributed by atoms with van der Waals surface area (Å²) in [5, 5.41) is 0. The fourth-order valence-corrected chi connectivity index (χ4v) is 4.50. The third-order valence-corrected chi connectivity index (χ3v) is 9.00. The van der Waals surface area contributed by atoms with E-state index >= 15 is 0 Å². The van der Waals surface area contributed by atoms with Crippen LogP contribution in [0.25, 0.3) is 0 Å². The molecule has 0 saturated carbocycles. The summed E-state index contributed by atoms with van der Waals surface area (Å²) in [6.45, 7) is 20.3. The first-order chi connectivity index (χ1) is 8.69. The van der Waals surface area contributed by atoms with Gasteiger partial charge in [0.15, 0.2) is 0 Å². The van der Waals surface area contributed by atoms with Gasteiger partial charge < -0.3 is 9.59 Å². The average molecular weight is 491 g/mol. The van der Waals surface area contributed by atoms with E-state index in [1.54, 1.807) is 0 Å². The van der Waals surface area contributed by atoms with Crippen molar-refractivity contribution in [3.05, 3.63) is 0 Å². The van der Waals surface area contributed by atoms with Gasteiger partial charge in [-0.3, -0.25) is 13.6 Å². The predicted molar refractivity (Wildman–Crippen MR) is 93.4 cm³/mol. The normalized spacial score (nSPS) is 8.00. The third-order valence-electron chi connectivity index (χ3n) is 3.00. The Morgan fingerprint density at radius 1 is 0.526 bits per heavy atom. The first kappa shape index (κ1) is 32.0. The summed E-state index contributed by atoms with van der Waals surface area (Å²) >= 11 is 0. The van der Waals surface area contributed by atoms with Gasteiger partial charge in [-0.15, -0.1) is 0 Å². The molecule has 0 atom stereocenters. The number of hydrogen-bond acceptors (Lipinski definition) is 2. The van der Waals surface area contributed by atoms with Crippen LogP contribution in [0.2, 0.25) is 0 Å². The molecule has 19 heavy (non-hydrogen) atoms. The number of hydrogen-bond donors (Lipinski definition) is 0. The van der Waals surface area contributed by atoms with Gasteiger partial charge in [-0.05, 0) is 57.4 Å². The SMILES string of the molecule is CC[PH+](CC)CC.CC[PH+](CC)CC.[CH-]=O.[CH-]=O.[Pt+2]. The van der Waals surface area contributed by atoms with Crippen molar-refractivity contribution < 1.29 is 30.7 Å². The van der Waals surface area contributed by atoms with E-state index in [0.717, 1.165) is 0 Å². The summed E-state index contributed by atoms with van der Waals surface area (Å²) < 4.78 is 0. The first-order valence-corrected chi connectivity index (χ1v) is 11.1. The molecule has 5 heteroatoms. The molecule has 0 rings (SSSR count). The second kappa shape index (κ2) is 36.4. The van der Waals surface area contributed by atoms with Gasteiger partial charge in [0, 0.05) is 0 Å². The van der Waals surface area contributed by atoms with E-state index < -0.39 is 0 Å². The van der Waals surface area contributed by atoms with Gasteiger partial charge in [-0.25, -0.2) is 0 Å². The van der Waals surface area contributed by atoms with Crippen LogP contribution in [-0.2, 0) is 30.7 Å². The molecule has 0 radical (unpaired) electrons. The van der Waals surface area contributed by atoms with E-state index in [-0.39, 0.29) is 36.9 Å². The maximum absolute atomic E-state index is 7.75. The molecular formula is C14H34O2P2Pt+2. The standard InChI is InChI=1S/2C6H15P.2CHO.Pt/c2*1-4-7(5-2)6-3;2*1-2;/h2*4-6H2,1-3H3;2*1H;/q;;2*-1;+2/p+2. The summed E-state index contributed by atoms with van der Waals surface area (Å²) in [6.07, 6.45) is 8.74. The fraction of sp³-hybridized carbons (Fsp3) is 0.857. The zero-order valence-electron chi connectivity index (χ0n) is 13.5. The van der Waals surface area contributed by atoms with Crippen molar-refractivity contribution >= 4 is 29.4 Å². The molecule has 2 nitrogen and oxygen atoms in total. The van der Waals surface area contributed by atoms with Gasteiger partial charge >= 0.3 is 21.1 Å². The van der Waals surface area contributed by atoms with E-state index in [9.17, 15) is 0 Å². The minimum atomic E-state index is 0. The first-order valence-electron chi connectivity index (χ1n) is 6.84. The molecular weight excluding hydrogens is 457 g/mol. The van der Waals surface area contributed by atoms with Crippen LogP contribution in [-0.4, -0.2) is 50.5 Å². The molecule has 0 heterocycles. The summed E-state index contributed by atoms with van der Waals surface area (Å²) in [5.41, 5.74) is 0. The molecule has 0 unspecified atom stereocenters. The average Bonchev–Trinajstić information content (AvgIpc) is 2.48. The summed E-state index contributed by atoms with van der Waals surface area (Å²) in [5.74, 6) is 0. The Kier molecular flexibility index (Phi) is 61.3. The number of rotatable bonds is 6. The van der Waals surface area contributed by atoms with Crippen molar-refractivity contribution in [2.24, 2.45) is 0 Å². The van der Waals surface area contributed by atoms with Gasteiger partial charge in [-0.2, -0.15) is 0 Å². The molecule has 0 aliphatic carbocycles. The van der Waals surface area contributed by atoms with Crippen LogP contribution in [0.3, 0.4) is 0 Å². The fourth-order valence-electron chi connectivity index (χ4n) is 1.50. The third kappa shape index (κ3) is 32.4. The smallest absolute Gasteiger partial charge is 0.545 e. The van der Waals surface area contributed by atoms with E-state index in [1.807, 2.05) is 0 Å². The van der Waals surface area contributed by atoms with E-state index in [0.29, 0.717) is 0 Å². The van der Waals surface area contributed by atoms with Crippen molar-refractivity contribution in [3.63, 3.8) is 0 Å². The maximum Gasteiger partial charge on any atom is 2.00 e. The predicted octanol–water partition coefficient (Wildman–Crippen LogP) is 3.97. The Labute approximate surface area is 138 Å². The molecule has 0 N–H and O–H groups in total. The van der Waals surface area contributed by atoms with Crippen molar-refractivity contribution in [1.82, 2.24) is 0 Å². The summed E-state index contributed by atoms with van der Waals surface area (Å²) in [4.78, 5) is 15.5. The largest absolute Gasteiger partial charge is 2.00 e. The molecule has 0 fully saturated rings. The zero-order chi connectivity index (χ0) is 15.4. The van der Waals surface area contributed by atoms with Gasteiger partial charge in [0.25, 0.3) is 0 Å². The van der Waals surface area contributed by atoms with Gasteiger partial charge in [0.1, 0.15) is 0 Å². The molecule has 0 saturated heterocycles. The second-order valence-corrected chi connectivity index (χ2v) is 10.9. The molecule has 0 spiro atoms. The van der Waals surface area contributed by atoms with Crippen LogP contribution in [0, 0.1) is 0 Å². The minimum absolute atomic E-state index is 0. The Morgan fingerprint density at radius 3 is 0.632 bits per heavy atom. The summed E-state index contributed by atoms with van der Waals surface area (Å²) in [7, 11) is 0.275. The van der Waals surface area contributed by atoms with Crippen LogP contribution < -0.4 is 0 Å². The monoisotopic (exact) mass is 491 g/mol. The molecule has 0 bridgehead atoms. The Balaban J connectivity index is -0.0000000522. The van der Waals surface area contributed by atoms with E-state index in [2.05, 4.69) is 55.1 Å². The van der Waals surface area contributed by atoms with Crippen LogP contribution in [0.5, 0.6) is 0 Å². The molecule has 0 aliphatic rings. The van der Waals surface area contributed by atoms with Crippen molar-refractivity contribution in [1.29, 1.82) is 0 Å². The van der Waals surface area contributed by atoms with Gasteiger partial charge in [0.05, 0.1) is 37.0 Å². The van der Waals surface area contributed by atoms with Crippen LogP contribution >= 0.6 is 15.8 Å². The summed E-state index contributed by atoms with van der Waals surface area (Å²) in [6, 6.07) is 0. The minimum Gasteiger partial charge on any atom is -0.545 e. The van der Waals surface area contributed by atoms with Crippen LogP contribution in [0.15, 0.2) is 0 Å². The molecule has 120 valence electrons. The Bertz CT molecular complexity index is 97.0. The van der Waals surface area contributed by atoms with Gasteiger partial charge in [0.2, 0.25) is 0 Å². The van der Waals surface area contributed by atoms with Crippen LogP contribution in [0.4, 0.5) is 0 Å². The second-order valence-electron chi connectivity index (χ2n) is 3.62. The molecule has 0 amide bonds. The Morgan fingerprint density at radius 2 is 0.632 bits per heavy atom. The Hall–Kier alpha value is 0.888. The molecule has 0 aromatic rings. The number of carbonyl (C=O) groups excluding carboxylic acids is 2. The van der Waals surface area contributed by atoms with E-state index in [1.165, 1.54) is 37.0 Å². The topological polar surface area (TPSA) is 34.1 Å². The van der Waals surface area contributed by atoms with E-state index in [4.69, 9.17) is 9.59 Å². The molecule has 0 aromatic heterocycles. The quantitative estimate of drug-likeness (QED) is 0.320. The molecule has 0 aliphatic heterocycles. The van der Waals surface area contributed by atoms with Crippen molar-refractivity contribution in [2.45, 2.75) is 41.5 Å². The maximum atomic E-state index is 7.75. The molecule has 0 aromatic carbocycles. The zero-order valence-corrected chi connectivity index (χ0v) is 17.8.